The van der Waals surface area contributed by atoms with Gasteiger partial charge in [0.15, 0.2) is 0 Å². The van der Waals surface area contributed by atoms with E-state index in [1.807, 2.05) is 0 Å². The lowest BCUT2D eigenvalue weighted by Crippen LogP contribution is -2.29. The van der Waals surface area contributed by atoms with Crippen LogP contribution >= 0.6 is 58.0 Å². The molecule has 0 aromatic heterocycles. The molecule has 2 N–H and O–H groups in total. The van der Waals surface area contributed by atoms with Gasteiger partial charge in [0.25, 0.3) is 5.91 Å². The Balaban J connectivity index is 1.72. The number of alkyl halides is 2. The largest absolute Gasteiger partial charge is 0.617 e. The van der Waals surface area contributed by atoms with E-state index >= 15 is 0 Å². The highest BCUT2D eigenvalue weighted by Crippen LogP contribution is 2.65. The van der Waals surface area contributed by atoms with E-state index in [0.717, 1.165) is 0 Å². The molecule has 1 saturated carbocycles. The molecule has 0 saturated heterocycles. The smallest absolute Gasteiger partial charge is 0.253 e. The highest BCUT2D eigenvalue weighted by Gasteiger charge is 2.67. The van der Waals surface area contributed by atoms with E-state index in [4.69, 9.17) is 58.0 Å². The van der Waals surface area contributed by atoms with Crippen molar-refractivity contribution in [1.29, 1.82) is 0 Å². The van der Waals surface area contributed by atoms with Crippen LogP contribution in [0.1, 0.15) is 21.8 Å². The SMILES string of the molecule is C[S+]([O-])CCNC(=O)c1cc(NC(=O)C2C(c3cc(Cl)cc(Cl)c3)C2(Cl)Cl)ccc1Cl. The van der Waals surface area contributed by atoms with Gasteiger partial charge in [-0.2, -0.15) is 0 Å². The van der Waals surface area contributed by atoms with Crippen LogP contribution in [0.5, 0.6) is 0 Å². The van der Waals surface area contributed by atoms with Gasteiger partial charge in [0.2, 0.25) is 5.91 Å². The number of benzene rings is 2. The second-order valence-corrected chi connectivity index (χ2v) is 11.3. The van der Waals surface area contributed by atoms with Gasteiger partial charge in [0.05, 0.1) is 29.3 Å². The molecule has 11 heteroatoms. The van der Waals surface area contributed by atoms with Crippen LogP contribution in [-0.4, -0.2) is 39.3 Å². The van der Waals surface area contributed by atoms with Gasteiger partial charge in [0.1, 0.15) is 10.1 Å². The second kappa shape index (κ2) is 9.96. The zero-order chi connectivity index (χ0) is 22.9. The summed E-state index contributed by atoms with van der Waals surface area (Å²) in [6, 6.07) is 9.43. The van der Waals surface area contributed by atoms with Crippen molar-refractivity contribution in [2.45, 2.75) is 10.3 Å². The fraction of sp³-hybridized carbons (Fsp3) is 0.300. The van der Waals surface area contributed by atoms with Crippen LogP contribution in [0.4, 0.5) is 5.69 Å². The van der Waals surface area contributed by atoms with Crippen LogP contribution in [0, 0.1) is 5.92 Å². The van der Waals surface area contributed by atoms with E-state index in [9.17, 15) is 14.1 Å². The molecular formula is C20H17Cl5N2O3S. The van der Waals surface area contributed by atoms with Crippen LogP contribution in [0.2, 0.25) is 15.1 Å². The summed E-state index contributed by atoms with van der Waals surface area (Å²) in [7, 11) is 0. The number of amides is 2. The monoisotopic (exact) mass is 540 g/mol. The molecule has 1 aliphatic rings. The van der Waals surface area contributed by atoms with Crippen molar-refractivity contribution >= 4 is 86.7 Å². The fourth-order valence-electron chi connectivity index (χ4n) is 3.22. The summed E-state index contributed by atoms with van der Waals surface area (Å²) in [6.07, 6.45) is 1.55. The van der Waals surface area contributed by atoms with Crippen LogP contribution in [0.15, 0.2) is 36.4 Å². The number of carbonyl (C=O) groups is 2. The third-order valence-electron chi connectivity index (χ3n) is 4.73. The van der Waals surface area contributed by atoms with Crippen LogP contribution in [0.3, 0.4) is 0 Å². The lowest BCUT2D eigenvalue weighted by Gasteiger charge is -2.11. The van der Waals surface area contributed by atoms with Crippen LogP contribution in [-0.2, 0) is 16.0 Å². The van der Waals surface area contributed by atoms with E-state index in [1.165, 1.54) is 12.1 Å². The second-order valence-electron chi connectivity index (χ2n) is 7.05. The summed E-state index contributed by atoms with van der Waals surface area (Å²) in [5, 5.41) is 6.41. The Labute approximate surface area is 207 Å². The summed E-state index contributed by atoms with van der Waals surface area (Å²) in [4.78, 5) is 25.2. The number of carbonyl (C=O) groups excluding carboxylic acids is 2. The number of hydrogen-bond donors (Lipinski definition) is 2. The molecule has 0 spiro atoms. The van der Waals surface area contributed by atoms with Crippen molar-refractivity contribution in [1.82, 2.24) is 5.32 Å². The topological polar surface area (TPSA) is 81.3 Å². The standard InChI is InChI=1S/C20H17Cl5N2O3S/c1-31(30)5-4-26-18(28)14-9-13(2-3-15(14)23)27-19(29)17-16(20(17,24)25)10-6-11(21)8-12(22)7-10/h2-3,6-9,16-17H,4-5H2,1H3,(H,26,28)(H,27,29). The lowest BCUT2D eigenvalue weighted by atomic mass is 10.1. The minimum Gasteiger partial charge on any atom is -0.617 e. The van der Waals surface area contributed by atoms with E-state index < -0.39 is 39.2 Å². The predicted molar refractivity (Wildman–Crippen MR) is 128 cm³/mol. The molecule has 2 amide bonds. The molecule has 31 heavy (non-hydrogen) atoms. The van der Waals surface area contributed by atoms with Crippen LogP contribution in [0.25, 0.3) is 0 Å². The van der Waals surface area contributed by atoms with Crippen molar-refractivity contribution in [2.75, 3.05) is 23.9 Å². The molecule has 0 bridgehead atoms. The molecule has 3 rings (SSSR count). The summed E-state index contributed by atoms with van der Waals surface area (Å²) in [5.41, 5.74) is 1.20. The maximum Gasteiger partial charge on any atom is 0.253 e. The molecule has 1 aliphatic carbocycles. The minimum atomic E-state index is -1.32. The summed E-state index contributed by atoms with van der Waals surface area (Å²) < 4.78 is 9.82. The maximum atomic E-state index is 12.8. The van der Waals surface area contributed by atoms with Gasteiger partial charge in [-0.3, -0.25) is 9.59 Å². The normalized spacial score (nSPS) is 20.1. The van der Waals surface area contributed by atoms with Gasteiger partial charge in [-0.05, 0) is 42.0 Å². The number of anilines is 1. The Kier molecular flexibility index (Phi) is 7.96. The van der Waals surface area contributed by atoms with Crippen LogP contribution < -0.4 is 10.6 Å². The molecule has 0 radical (unpaired) electrons. The summed E-state index contributed by atoms with van der Waals surface area (Å²) in [5.74, 6) is -1.76. The van der Waals surface area contributed by atoms with E-state index in [-0.39, 0.29) is 17.1 Å². The highest BCUT2D eigenvalue weighted by molar-refractivity contribution is 7.90. The van der Waals surface area contributed by atoms with Gasteiger partial charge in [-0.15, -0.1) is 23.2 Å². The highest BCUT2D eigenvalue weighted by atomic mass is 35.5. The molecule has 2 aromatic rings. The summed E-state index contributed by atoms with van der Waals surface area (Å²) in [6.45, 7) is 0.238. The first-order chi connectivity index (χ1) is 14.5. The summed E-state index contributed by atoms with van der Waals surface area (Å²) >= 11 is 29.9. The predicted octanol–water partition coefficient (Wildman–Crippen LogP) is 5.28. The number of rotatable bonds is 7. The first-order valence-corrected chi connectivity index (χ1v) is 12.6. The van der Waals surface area contributed by atoms with E-state index in [0.29, 0.717) is 27.0 Å². The first-order valence-electron chi connectivity index (χ1n) is 9.03. The third-order valence-corrected chi connectivity index (χ3v) is 7.22. The molecule has 3 unspecified atom stereocenters. The molecule has 2 aromatic carbocycles. The number of hydrogen-bond acceptors (Lipinski definition) is 3. The number of halogens is 5. The molecule has 166 valence electrons. The molecule has 0 heterocycles. The Morgan fingerprint density at radius 2 is 1.74 bits per heavy atom. The quantitative estimate of drug-likeness (QED) is 0.369. The first kappa shape index (κ1) is 24.8. The van der Waals surface area contributed by atoms with Gasteiger partial charge in [-0.1, -0.05) is 46.0 Å². The zero-order valence-electron chi connectivity index (χ0n) is 16.1. The van der Waals surface area contributed by atoms with Gasteiger partial charge in [-0.25, -0.2) is 0 Å². The zero-order valence-corrected chi connectivity index (χ0v) is 20.7. The number of nitrogens with one attached hydrogen (secondary N) is 2. The molecule has 1 fully saturated rings. The van der Waals surface area contributed by atoms with Crippen molar-refractivity contribution in [3.05, 3.63) is 62.6 Å². The van der Waals surface area contributed by atoms with E-state index in [2.05, 4.69) is 10.6 Å². The average Bonchev–Trinajstić information content (AvgIpc) is 3.24. The Morgan fingerprint density at radius 3 is 2.35 bits per heavy atom. The van der Waals surface area contributed by atoms with Crippen molar-refractivity contribution < 1.29 is 14.1 Å². The van der Waals surface area contributed by atoms with Gasteiger partial charge >= 0.3 is 0 Å². The van der Waals surface area contributed by atoms with Gasteiger partial charge < -0.3 is 15.2 Å². The average molecular weight is 543 g/mol. The molecule has 5 nitrogen and oxygen atoms in total. The van der Waals surface area contributed by atoms with Crippen molar-refractivity contribution in [2.24, 2.45) is 5.92 Å². The maximum absolute atomic E-state index is 12.8. The van der Waals surface area contributed by atoms with Gasteiger partial charge in [0, 0.05) is 21.7 Å². The Bertz CT molecular complexity index is 998. The molecule has 3 atom stereocenters. The Morgan fingerprint density at radius 1 is 1.10 bits per heavy atom. The van der Waals surface area contributed by atoms with Crippen molar-refractivity contribution in [3.63, 3.8) is 0 Å². The lowest BCUT2D eigenvalue weighted by molar-refractivity contribution is -0.117. The van der Waals surface area contributed by atoms with E-state index in [1.54, 1.807) is 30.5 Å². The molecular weight excluding hydrogens is 526 g/mol. The molecule has 0 aliphatic heterocycles. The van der Waals surface area contributed by atoms with Crippen molar-refractivity contribution in [3.8, 4) is 0 Å². The fourth-order valence-corrected chi connectivity index (χ4v) is 5.19. The third kappa shape index (κ3) is 5.93. The Hall–Kier alpha value is -0.860. The minimum absolute atomic E-state index is 0.179.